The van der Waals surface area contributed by atoms with Gasteiger partial charge in [0.1, 0.15) is 0 Å². The largest absolute Gasteiger partial charge is 0.490 e. The van der Waals surface area contributed by atoms with Crippen molar-refractivity contribution in [2.24, 2.45) is 4.99 Å². The molecule has 0 amide bonds. The number of nitrogens with one attached hydrogen (secondary N) is 2. The van der Waals surface area contributed by atoms with Gasteiger partial charge in [0, 0.05) is 23.7 Å². The normalized spacial score (nSPS) is 12.3. The lowest BCUT2D eigenvalue weighted by atomic mass is 10.1. The molecule has 30 heavy (non-hydrogen) atoms. The third-order valence-electron chi connectivity index (χ3n) is 4.21. The Labute approximate surface area is 182 Å². The molecule has 0 saturated heterocycles. The van der Waals surface area contributed by atoms with Crippen LogP contribution in [0.5, 0.6) is 11.5 Å². The molecule has 0 heterocycles. The van der Waals surface area contributed by atoms with Gasteiger partial charge in [0.25, 0.3) is 0 Å². The predicted molar refractivity (Wildman–Crippen MR) is 124 cm³/mol. The average molecular weight is 432 g/mol. The van der Waals surface area contributed by atoms with E-state index in [1.807, 2.05) is 63.2 Å². The molecule has 0 saturated carbocycles. The lowest BCUT2D eigenvalue weighted by Crippen LogP contribution is -2.38. The first-order valence-electron chi connectivity index (χ1n) is 10.5. The highest BCUT2D eigenvalue weighted by molar-refractivity contribution is 7.85. The minimum atomic E-state index is -1.04. The summed E-state index contributed by atoms with van der Waals surface area (Å²) in [6, 6.07) is 15.6. The van der Waals surface area contributed by atoms with Gasteiger partial charge >= 0.3 is 0 Å². The summed E-state index contributed by atoms with van der Waals surface area (Å²) in [6.07, 6.45) is 0.826. The quantitative estimate of drug-likeness (QED) is 0.398. The van der Waals surface area contributed by atoms with Gasteiger partial charge in [-0.15, -0.1) is 0 Å². The highest BCUT2D eigenvalue weighted by Gasteiger charge is 2.07. The molecule has 0 aliphatic heterocycles. The van der Waals surface area contributed by atoms with Gasteiger partial charge in [-0.05, 0) is 57.0 Å². The summed E-state index contributed by atoms with van der Waals surface area (Å²) >= 11 is 0. The maximum absolute atomic E-state index is 12.3. The van der Waals surface area contributed by atoms with Crippen molar-refractivity contribution in [3.8, 4) is 11.5 Å². The molecule has 0 aliphatic carbocycles. The average Bonchev–Trinajstić information content (AvgIpc) is 2.76. The first-order chi connectivity index (χ1) is 14.7. The van der Waals surface area contributed by atoms with E-state index in [2.05, 4.69) is 21.7 Å². The second kappa shape index (κ2) is 13.6. The number of rotatable bonds is 12. The number of guanidine groups is 1. The zero-order chi connectivity index (χ0) is 21.6. The van der Waals surface area contributed by atoms with Gasteiger partial charge < -0.3 is 20.1 Å². The molecule has 2 aromatic rings. The summed E-state index contributed by atoms with van der Waals surface area (Å²) in [7, 11) is -1.04. The molecular weight excluding hydrogens is 398 g/mol. The second-order valence-corrected chi connectivity index (χ2v) is 8.02. The highest BCUT2D eigenvalue weighted by Crippen LogP contribution is 2.28. The molecule has 164 valence electrons. The van der Waals surface area contributed by atoms with Crippen molar-refractivity contribution in [2.75, 3.05) is 38.6 Å². The molecule has 2 aromatic carbocycles. The Morgan fingerprint density at radius 3 is 2.40 bits per heavy atom. The Hall–Kier alpha value is -2.54. The van der Waals surface area contributed by atoms with Crippen LogP contribution in [0.1, 0.15) is 26.3 Å². The van der Waals surface area contributed by atoms with E-state index in [-0.39, 0.29) is 0 Å². The second-order valence-electron chi connectivity index (χ2n) is 6.45. The third-order valence-corrected chi connectivity index (χ3v) is 5.56. The van der Waals surface area contributed by atoms with Crippen molar-refractivity contribution in [3.63, 3.8) is 0 Å². The molecule has 6 nitrogen and oxygen atoms in total. The van der Waals surface area contributed by atoms with Crippen LogP contribution >= 0.6 is 0 Å². The van der Waals surface area contributed by atoms with Crippen LogP contribution in [0.3, 0.4) is 0 Å². The topological polar surface area (TPSA) is 72.0 Å². The monoisotopic (exact) mass is 431 g/mol. The Morgan fingerprint density at radius 1 is 0.967 bits per heavy atom. The first-order valence-corrected chi connectivity index (χ1v) is 11.8. The summed E-state index contributed by atoms with van der Waals surface area (Å²) in [5.41, 5.74) is 1.16. The van der Waals surface area contributed by atoms with E-state index in [1.54, 1.807) is 0 Å². The molecule has 0 aliphatic rings. The van der Waals surface area contributed by atoms with Gasteiger partial charge in [0.2, 0.25) is 0 Å². The lowest BCUT2D eigenvalue weighted by Gasteiger charge is -2.14. The van der Waals surface area contributed by atoms with Crippen LogP contribution in [0, 0.1) is 0 Å². The van der Waals surface area contributed by atoms with E-state index in [0.29, 0.717) is 25.5 Å². The molecule has 0 fully saturated rings. The summed E-state index contributed by atoms with van der Waals surface area (Å²) in [6.45, 7) is 9.16. The predicted octanol–water partition coefficient (Wildman–Crippen LogP) is 3.39. The highest BCUT2D eigenvalue weighted by atomic mass is 32.2. The van der Waals surface area contributed by atoms with Crippen LogP contribution in [0.15, 0.2) is 58.4 Å². The number of hydrogen-bond donors (Lipinski definition) is 2. The summed E-state index contributed by atoms with van der Waals surface area (Å²) in [5, 5.41) is 6.58. The molecule has 0 bridgehead atoms. The standard InChI is InChI=1S/C23H33N3O3S/c1-4-24-23(26-16-17-30(27)20-10-8-7-9-11-20)25-15-14-19-12-13-21(28-5-2)22(18-19)29-6-3/h7-13,18H,4-6,14-17H2,1-3H3,(H2,24,25,26). The van der Waals surface area contributed by atoms with Crippen molar-refractivity contribution in [2.45, 2.75) is 32.1 Å². The Bertz CT molecular complexity index is 813. The van der Waals surface area contributed by atoms with Gasteiger partial charge in [-0.1, -0.05) is 24.3 Å². The molecule has 0 spiro atoms. The molecule has 0 aromatic heterocycles. The van der Waals surface area contributed by atoms with Crippen LogP contribution in [0.25, 0.3) is 0 Å². The number of nitrogens with zero attached hydrogens (tertiary/aromatic N) is 1. The van der Waals surface area contributed by atoms with Crippen molar-refractivity contribution in [3.05, 3.63) is 54.1 Å². The maximum Gasteiger partial charge on any atom is 0.191 e. The fourth-order valence-corrected chi connectivity index (χ4v) is 3.80. The minimum Gasteiger partial charge on any atom is -0.490 e. The van der Waals surface area contributed by atoms with Gasteiger partial charge in [-0.25, -0.2) is 0 Å². The smallest absolute Gasteiger partial charge is 0.191 e. The van der Waals surface area contributed by atoms with Crippen LogP contribution in [0.2, 0.25) is 0 Å². The lowest BCUT2D eigenvalue weighted by molar-refractivity contribution is 0.287. The van der Waals surface area contributed by atoms with Gasteiger partial charge in [-0.3, -0.25) is 9.20 Å². The zero-order valence-corrected chi connectivity index (χ0v) is 19.0. The fraction of sp³-hybridized carbons (Fsp3) is 0.435. The molecular formula is C23H33N3O3S. The van der Waals surface area contributed by atoms with Crippen molar-refractivity contribution in [1.82, 2.24) is 10.6 Å². The summed E-state index contributed by atoms with van der Waals surface area (Å²) in [4.78, 5) is 5.39. The SMILES string of the molecule is CCNC(=NCCS(=O)c1ccccc1)NCCc1ccc(OCC)c(OCC)c1. The van der Waals surface area contributed by atoms with Crippen molar-refractivity contribution < 1.29 is 13.7 Å². The maximum atomic E-state index is 12.3. The van der Waals surface area contributed by atoms with E-state index in [9.17, 15) is 4.21 Å². The molecule has 1 atom stereocenters. The van der Waals surface area contributed by atoms with E-state index in [4.69, 9.17) is 9.47 Å². The van der Waals surface area contributed by atoms with E-state index in [0.717, 1.165) is 47.4 Å². The number of benzene rings is 2. The summed E-state index contributed by atoms with van der Waals surface area (Å²) in [5.74, 6) is 2.79. The van der Waals surface area contributed by atoms with Gasteiger partial charge in [0.15, 0.2) is 17.5 Å². The molecule has 7 heteroatoms. The molecule has 2 rings (SSSR count). The van der Waals surface area contributed by atoms with Crippen LogP contribution in [-0.2, 0) is 17.2 Å². The number of aliphatic imine (C=N–C) groups is 1. The zero-order valence-electron chi connectivity index (χ0n) is 18.1. The van der Waals surface area contributed by atoms with Gasteiger partial charge in [-0.2, -0.15) is 0 Å². The van der Waals surface area contributed by atoms with Crippen molar-refractivity contribution in [1.29, 1.82) is 0 Å². The van der Waals surface area contributed by atoms with E-state index >= 15 is 0 Å². The number of ether oxygens (including phenoxy) is 2. The Balaban J connectivity index is 1.87. The first kappa shape index (κ1) is 23.7. The van der Waals surface area contributed by atoms with Crippen LogP contribution < -0.4 is 20.1 Å². The number of hydrogen-bond acceptors (Lipinski definition) is 4. The Morgan fingerprint density at radius 2 is 1.70 bits per heavy atom. The van der Waals surface area contributed by atoms with Crippen LogP contribution in [0.4, 0.5) is 0 Å². The molecule has 2 N–H and O–H groups in total. The third kappa shape index (κ3) is 8.06. The summed E-state index contributed by atoms with van der Waals surface area (Å²) < 4.78 is 23.6. The molecule has 1 unspecified atom stereocenters. The van der Waals surface area contributed by atoms with E-state index in [1.165, 1.54) is 0 Å². The minimum absolute atomic E-state index is 0.494. The Kier molecular flexibility index (Phi) is 10.8. The van der Waals surface area contributed by atoms with Crippen LogP contribution in [-0.4, -0.2) is 48.8 Å². The van der Waals surface area contributed by atoms with Gasteiger partial charge in [0.05, 0.1) is 30.6 Å². The molecule has 0 radical (unpaired) electrons. The fourth-order valence-electron chi connectivity index (χ4n) is 2.85. The van der Waals surface area contributed by atoms with E-state index < -0.39 is 10.8 Å². The van der Waals surface area contributed by atoms with Crippen molar-refractivity contribution >= 4 is 16.8 Å².